The molecule has 0 aliphatic carbocycles. The molecule has 2 aliphatic heterocycles. The van der Waals surface area contributed by atoms with Crippen LogP contribution < -0.4 is 4.90 Å². The molecule has 1 aromatic heterocycles. The number of ether oxygens (including phenoxy) is 1. The van der Waals surface area contributed by atoms with E-state index in [1.165, 1.54) is 12.3 Å². The number of fused-ring (bicyclic) bond motifs is 2. The average molecular weight is 221 g/mol. The largest absolute Gasteiger partial charge is 0.374 e. The Kier molecular flexibility index (Phi) is 2.03. The Hall–Kier alpha value is -1.69. The van der Waals surface area contributed by atoms with E-state index in [9.17, 15) is 10.1 Å². The van der Waals surface area contributed by atoms with Crippen LogP contribution in [0.2, 0.25) is 0 Å². The number of rotatable bonds is 2. The first-order valence-electron chi connectivity index (χ1n) is 5.23. The maximum absolute atomic E-state index is 10.5. The molecule has 0 amide bonds. The van der Waals surface area contributed by atoms with Crippen LogP contribution in [-0.4, -0.2) is 35.2 Å². The molecule has 0 saturated carbocycles. The van der Waals surface area contributed by atoms with Gasteiger partial charge in [-0.2, -0.15) is 0 Å². The van der Waals surface area contributed by atoms with E-state index >= 15 is 0 Å². The highest BCUT2D eigenvalue weighted by Gasteiger charge is 2.39. The predicted octanol–water partition coefficient (Wildman–Crippen LogP) is 0.967. The minimum Gasteiger partial charge on any atom is -0.374 e. The Morgan fingerprint density at radius 2 is 2.44 bits per heavy atom. The monoisotopic (exact) mass is 221 g/mol. The first kappa shape index (κ1) is 9.53. The van der Waals surface area contributed by atoms with Gasteiger partial charge in [-0.05, 0) is 12.5 Å². The predicted molar refractivity (Wildman–Crippen MR) is 56.4 cm³/mol. The Bertz CT molecular complexity index is 420. The van der Waals surface area contributed by atoms with Crippen LogP contribution in [0, 0.1) is 10.1 Å². The van der Waals surface area contributed by atoms with E-state index in [-0.39, 0.29) is 5.69 Å². The highest BCUT2D eigenvalue weighted by atomic mass is 16.6. The number of nitrogens with zero attached hydrogens (tertiary/aromatic N) is 3. The molecule has 0 N–H and O–H groups in total. The number of anilines is 1. The zero-order valence-corrected chi connectivity index (χ0v) is 8.57. The van der Waals surface area contributed by atoms with Crippen molar-refractivity contribution in [2.45, 2.75) is 18.6 Å². The lowest BCUT2D eigenvalue weighted by atomic mass is 10.2. The fourth-order valence-electron chi connectivity index (χ4n) is 2.34. The van der Waals surface area contributed by atoms with E-state index in [0.29, 0.717) is 12.1 Å². The van der Waals surface area contributed by atoms with Gasteiger partial charge in [0, 0.05) is 12.6 Å². The van der Waals surface area contributed by atoms with Gasteiger partial charge in [0.15, 0.2) is 0 Å². The third-order valence-electron chi connectivity index (χ3n) is 3.14. The van der Waals surface area contributed by atoms with Gasteiger partial charge in [-0.1, -0.05) is 0 Å². The lowest BCUT2D eigenvalue weighted by molar-refractivity contribution is -0.385. The van der Waals surface area contributed by atoms with E-state index in [0.717, 1.165) is 25.4 Å². The fourth-order valence-corrected chi connectivity index (χ4v) is 2.34. The quantitative estimate of drug-likeness (QED) is 0.549. The third-order valence-corrected chi connectivity index (χ3v) is 3.14. The lowest BCUT2D eigenvalue weighted by Crippen LogP contribution is -2.37. The first-order valence-corrected chi connectivity index (χ1v) is 5.23. The second kappa shape index (κ2) is 3.41. The number of hydrogen-bond donors (Lipinski definition) is 0. The van der Waals surface area contributed by atoms with Crippen molar-refractivity contribution >= 4 is 11.5 Å². The van der Waals surface area contributed by atoms with Gasteiger partial charge in [-0.3, -0.25) is 10.1 Å². The normalized spacial score (nSPS) is 27.4. The number of nitro groups is 1. The summed E-state index contributed by atoms with van der Waals surface area (Å²) < 4.78 is 5.49. The molecule has 6 nitrogen and oxygen atoms in total. The Balaban J connectivity index is 1.82. The fraction of sp³-hybridized carbons (Fsp3) is 0.500. The van der Waals surface area contributed by atoms with Gasteiger partial charge >= 0.3 is 0 Å². The molecular formula is C10H11N3O3. The van der Waals surface area contributed by atoms with Crippen LogP contribution in [0.4, 0.5) is 11.5 Å². The highest BCUT2D eigenvalue weighted by molar-refractivity contribution is 5.45. The number of aromatic nitrogens is 1. The molecule has 3 rings (SSSR count). The van der Waals surface area contributed by atoms with Gasteiger partial charge in [0.25, 0.3) is 5.69 Å². The Labute approximate surface area is 92.0 Å². The molecule has 0 aromatic carbocycles. The molecule has 2 saturated heterocycles. The molecule has 3 heterocycles. The number of hydrogen-bond acceptors (Lipinski definition) is 5. The topological polar surface area (TPSA) is 68.5 Å². The van der Waals surface area contributed by atoms with Crippen LogP contribution >= 0.6 is 0 Å². The van der Waals surface area contributed by atoms with E-state index in [1.54, 1.807) is 6.07 Å². The SMILES string of the molecule is O=[N+]([O-])c1ccc(N2C[C@H]3C[C@H]2CO3)nc1. The van der Waals surface area contributed by atoms with Gasteiger partial charge in [0.1, 0.15) is 12.0 Å². The second-order valence-electron chi connectivity index (χ2n) is 4.13. The van der Waals surface area contributed by atoms with Crippen molar-refractivity contribution in [2.24, 2.45) is 0 Å². The molecule has 6 heteroatoms. The molecule has 2 aliphatic rings. The molecule has 1 aromatic rings. The zero-order valence-electron chi connectivity index (χ0n) is 8.57. The van der Waals surface area contributed by atoms with Crippen molar-refractivity contribution in [3.05, 3.63) is 28.4 Å². The van der Waals surface area contributed by atoms with E-state index < -0.39 is 4.92 Å². The highest BCUT2D eigenvalue weighted by Crippen LogP contribution is 2.31. The van der Waals surface area contributed by atoms with Crippen LogP contribution in [-0.2, 0) is 4.74 Å². The molecule has 2 fully saturated rings. The standard InChI is InChI=1S/C10H11N3O3/c14-13(15)7-1-2-10(11-4-7)12-5-9-3-8(12)6-16-9/h1-2,4,8-9H,3,5-6H2/t8-,9+/m0/s1. The van der Waals surface area contributed by atoms with E-state index in [4.69, 9.17) is 4.74 Å². The minimum atomic E-state index is -0.435. The first-order chi connectivity index (χ1) is 7.74. The van der Waals surface area contributed by atoms with Crippen molar-refractivity contribution in [3.8, 4) is 0 Å². The lowest BCUT2D eigenvalue weighted by Gasteiger charge is -2.27. The van der Waals surface area contributed by atoms with Crippen molar-refractivity contribution in [1.82, 2.24) is 4.98 Å². The van der Waals surface area contributed by atoms with Crippen molar-refractivity contribution in [1.29, 1.82) is 0 Å². The van der Waals surface area contributed by atoms with E-state index in [1.807, 2.05) is 0 Å². The molecule has 84 valence electrons. The summed E-state index contributed by atoms with van der Waals surface area (Å²) >= 11 is 0. The van der Waals surface area contributed by atoms with Crippen LogP contribution in [0.1, 0.15) is 6.42 Å². The average Bonchev–Trinajstić information content (AvgIpc) is 2.91. The molecule has 0 radical (unpaired) electrons. The summed E-state index contributed by atoms with van der Waals surface area (Å²) in [4.78, 5) is 16.4. The molecule has 0 unspecified atom stereocenters. The van der Waals surface area contributed by atoms with Crippen molar-refractivity contribution < 1.29 is 9.66 Å². The van der Waals surface area contributed by atoms with Crippen LogP contribution in [0.15, 0.2) is 18.3 Å². The second-order valence-corrected chi connectivity index (χ2v) is 4.13. The van der Waals surface area contributed by atoms with E-state index in [2.05, 4.69) is 9.88 Å². The summed E-state index contributed by atoms with van der Waals surface area (Å²) in [5.41, 5.74) is 0.0318. The van der Waals surface area contributed by atoms with Crippen LogP contribution in [0.3, 0.4) is 0 Å². The van der Waals surface area contributed by atoms with Gasteiger partial charge in [0.2, 0.25) is 0 Å². The third kappa shape index (κ3) is 1.42. The summed E-state index contributed by atoms with van der Waals surface area (Å²) in [5.74, 6) is 0.807. The summed E-state index contributed by atoms with van der Waals surface area (Å²) in [6, 6.07) is 3.59. The molecule has 2 atom stereocenters. The van der Waals surface area contributed by atoms with Crippen molar-refractivity contribution in [3.63, 3.8) is 0 Å². The summed E-state index contributed by atoms with van der Waals surface area (Å²) in [6.45, 7) is 1.58. The summed E-state index contributed by atoms with van der Waals surface area (Å²) in [7, 11) is 0. The zero-order chi connectivity index (χ0) is 11.1. The minimum absolute atomic E-state index is 0.0318. The van der Waals surface area contributed by atoms with Crippen molar-refractivity contribution in [2.75, 3.05) is 18.1 Å². The maximum atomic E-state index is 10.5. The van der Waals surface area contributed by atoms with Gasteiger partial charge in [-0.15, -0.1) is 0 Å². The molecule has 0 spiro atoms. The molecular weight excluding hydrogens is 210 g/mol. The Morgan fingerprint density at radius 1 is 1.56 bits per heavy atom. The van der Waals surface area contributed by atoms with Gasteiger partial charge < -0.3 is 9.64 Å². The number of morpholine rings is 1. The molecule has 2 bridgehead atoms. The Morgan fingerprint density at radius 3 is 2.94 bits per heavy atom. The smallest absolute Gasteiger partial charge is 0.287 e. The summed E-state index contributed by atoms with van der Waals surface area (Å²) in [5, 5.41) is 10.5. The molecule has 16 heavy (non-hydrogen) atoms. The van der Waals surface area contributed by atoms with Crippen LogP contribution in [0.5, 0.6) is 0 Å². The summed E-state index contributed by atoms with van der Waals surface area (Å²) in [6.07, 6.45) is 2.66. The van der Waals surface area contributed by atoms with Gasteiger partial charge in [0.05, 0.1) is 23.7 Å². The van der Waals surface area contributed by atoms with Crippen LogP contribution in [0.25, 0.3) is 0 Å². The maximum Gasteiger partial charge on any atom is 0.287 e. The van der Waals surface area contributed by atoms with Gasteiger partial charge in [-0.25, -0.2) is 4.98 Å². The number of pyridine rings is 1.